The van der Waals surface area contributed by atoms with Crippen molar-refractivity contribution in [1.29, 1.82) is 0 Å². The summed E-state index contributed by atoms with van der Waals surface area (Å²) in [6.45, 7) is 3.33. The van der Waals surface area contributed by atoms with Gasteiger partial charge in [0.25, 0.3) is 0 Å². The van der Waals surface area contributed by atoms with E-state index in [4.69, 9.17) is 9.72 Å². The Morgan fingerprint density at radius 1 is 1.00 bits per heavy atom. The Hall–Kier alpha value is -4.17. The number of ether oxygens (including phenoxy) is 1. The van der Waals surface area contributed by atoms with Crippen LogP contribution in [0.15, 0.2) is 78.0 Å². The highest BCUT2D eigenvalue weighted by molar-refractivity contribution is 5.84. The Bertz CT molecular complexity index is 1500. The number of benzene rings is 2. The SMILES string of the molecule is O=c1ccc2ccc(-c3cn4ccnc4c(Nc4ccc(N5CCOCC5)cc4)n3)cc2[nH]1. The molecule has 0 amide bonds. The van der Waals surface area contributed by atoms with E-state index in [1.807, 2.05) is 41.1 Å². The minimum Gasteiger partial charge on any atom is -0.378 e. The highest BCUT2D eigenvalue weighted by Crippen LogP contribution is 2.27. The molecule has 1 aliphatic heterocycles. The third-order valence-corrected chi connectivity index (χ3v) is 5.90. The lowest BCUT2D eigenvalue weighted by Gasteiger charge is -2.28. The van der Waals surface area contributed by atoms with Gasteiger partial charge < -0.3 is 24.3 Å². The van der Waals surface area contributed by atoms with Gasteiger partial charge in [-0.25, -0.2) is 9.97 Å². The first-order chi connectivity index (χ1) is 16.2. The molecule has 4 heterocycles. The van der Waals surface area contributed by atoms with Crippen LogP contribution in [-0.2, 0) is 4.74 Å². The van der Waals surface area contributed by atoms with E-state index in [1.165, 1.54) is 11.8 Å². The standard InChI is InChI=1S/C25H22N6O2/c32-23-8-3-17-1-2-18(15-21(17)28-23)22-16-31-10-9-26-25(31)24(29-22)27-19-4-6-20(7-5-19)30-11-13-33-14-12-30/h1-10,15-16H,11-14H2,(H,27,29)(H,28,32). The molecule has 164 valence electrons. The van der Waals surface area contributed by atoms with Crippen molar-refractivity contribution < 1.29 is 4.74 Å². The van der Waals surface area contributed by atoms with Gasteiger partial charge in [0.2, 0.25) is 5.56 Å². The quantitative estimate of drug-likeness (QED) is 0.444. The smallest absolute Gasteiger partial charge is 0.248 e. The number of aromatic amines is 1. The van der Waals surface area contributed by atoms with Gasteiger partial charge in [0.1, 0.15) is 0 Å². The molecule has 0 unspecified atom stereocenters. The summed E-state index contributed by atoms with van der Waals surface area (Å²) in [4.78, 5) is 26.3. The fourth-order valence-electron chi connectivity index (χ4n) is 4.18. The van der Waals surface area contributed by atoms with Crippen molar-refractivity contribution in [3.8, 4) is 11.3 Å². The number of aromatic nitrogens is 4. The van der Waals surface area contributed by atoms with E-state index in [0.717, 1.165) is 59.8 Å². The maximum absolute atomic E-state index is 11.8. The molecule has 8 nitrogen and oxygen atoms in total. The second kappa shape index (κ2) is 8.07. The molecule has 0 bridgehead atoms. The summed E-state index contributed by atoms with van der Waals surface area (Å²) in [5.41, 5.74) is 5.20. The van der Waals surface area contributed by atoms with E-state index in [1.54, 1.807) is 6.20 Å². The van der Waals surface area contributed by atoms with Crippen molar-refractivity contribution in [2.24, 2.45) is 0 Å². The van der Waals surface area contributed by atoms with Gasteiger partial charge in [-0.2, -0.15) is 0 Å². The predicted molar refractivity (Wildman–Crippen MR) is 129 cm³/mol. The molecule has 2 aromatic carbocycles. The molecule has 0 aliphatic carbocycles. The molecule has 0 spiro atoms. The first kappa shape index (κ1) is 19.5. The number of H-pyrrole nitrogens is 1. The molecule has 1 fully saturated rings. The maximum Gasteiger partial charge on any atom is 0.248 e. The molecule has 2 N–H and O–H groups in total. The summed E-state index contributed by atoms with van der Waals surface area (Å²) in [6, 6.07) is 17.6. The Morgan fingerprint density at radius 2 is 1.82 bits per heavy atom. The lowest BCUT2D eigenvalue weighted by molar-refractivity contribution is 0.122. The normalized spacial score (nSPS) is 14.1. The van der Waals surface area contributed by atoms with Crippen molar-refractivity contribution in [3.63, 3.8) is 0 Å². The summed E-state index contributed by atoms with van der Waals surface area (Å²) in [6.07, 6.45) is 5.60. The molecule has 5 aromatic rings. The maximum atomic E-state index is 11.8. The monoisotopic (exact) mass is 438 g/mol. The summed E-state index contributed by atoms with van der Waals surface area (Å²) in [7, 11) is 0. The van der Waals surface area contributed by atoms with Gasteiger partial charge in [-0.15, -0.1) is 0 Å². The second-order valence-electron chi connectivity index (χ2n) is 8.03. The topological polar surface area (TPSA) is 87.6 Å². The van der Waals surface area contributed by atoms with Gasteiger partial charge in [-0.05, 0) is 41.8 Å². The molecule has 0 radical (unpaired) electrons. The number of fused-ring (bicyclic) bond motifs is 2. The van der Waals surface area contributed by atoms with Crippen molar-refractivity contribution in [1.82, 2.24) is 19.4 Å². The van der Waals surface area contributed by atoms with E-state index in [-0.39, 0.29) is 5.56 Å². The van der Waals surface area contributed by atoms with Crippen LogP contribution in [0.25, 0.3) is 27.8 Å². The molecule has 3 aromatic heterocycles. The van der Waals surface area contributed by atoms with Crippen LogP contribution in [0, 0.1) is 0 Å². The molecule has 0 atom stereocenters. The number of pyridine rings is 1. The number of imidazole rings is 1. The highest BCUT2D eigenvalue weighted by Gasteiger charge is 2.13. The van der Waals surface area contributed by atoms with Crippen LogP contribution >= 0.6 is 0 Å². The number of rotatable bonds is 4. The number of morpholine rings is 1. The van der Waals surface area contributed by atoms with Crippen molar-refractivity contribution in [2.75, 3.05) is 36.5 Å². The van der Waals surface area contributed by atoms with E-state index >= 15 is 0 Å². The van der Waals surface area contributed by atoms with Crippen LogP contribution in [0.1, 0.15) is 0 Å². The van der Waals surface area contributed by atoms with Crippen LogP contribution in [0.2, 0.25) is 0 Å². The number of nitrogens with one attached hydrogen (secondary N) is 2. The fraction of sp³-hybridized carbons (Fsp3) is 0.160. The number of hydrogen-bond donors (Lipinski definition) is 2. The lowest BCUT2D eigenvalue weighted by Crippen LogP contribution is -2.36. The van der Waals surface area contributed by atoms with Gasteiger partial charge in [-0.1, -0.05) is 12.1 Å². The van der Waals surface area contributed by atoms with Gasteiger partial charge >= 0.3 is 0 Å². The summed E-state index contributed by atoms with van der Waals surface area (Å²) in [5, 5.41) is 4.40. The van der Waals surface area contributed by atoms with Gasteiger partial charge in [0.15, 0.2) is 11.5 Å². The number of nitrogens with zero attached hydrogens (tertiary/aromatic N) is 4. The number of hydrogen-bond acceptors (Lipinski definition) is 6. The van der Waals surface area contributed by atoms with Crippen LogP contribution in [0.5, 0.6) is 0 Å². The van der Waals surface area contributed by atoms with Crippen LogP contribution in [0.3, 0.4) is 0 Å². The Morgan fingerprint density at radius 3 is 2.67 bits per heavy atom. The van der Waals surface area contributed by atoms with Gasteiger partial charge in [-0.3, -0.25) is 4.79 Å². The highest BCUT2D eigenvalue weighted by atomic mass is 16.5. The molecule has 8 heteroatoms. The van der Waals surface area contributed by atoms with Crippen LogP contribution in [-0.4, -0.2) is 45.7 Å². The molecule has 0 saturated carbocycles. The van der Waals surface area contributed by atoms with E-state index in [9.17, 15) is 4.79 Å². The second-order valence-corrected chi connectivity index (χ2v) is 8.03. The van der Waals surface area contributed by atoms with Crippen LogP contribution in [0.4, 0.5) is 17.2 Å². The van der Waals surface area contributed by atoms with Gasteiger partial charge in [0.05, 0.1) is 18.9 Å². The molecule has 33 heavy (non-hydrogen) atoms. The lowest BCUT2D eigenvalue weighted by atomic mass is 10.1. The third-order valence-electron chi connectivity index (χ3n) is 5.90. The molecular weight excluding hydrogens is 416 g/mol. The zero-order chi connectivity index (χ0) is 22.2. The first-order valence-corrected chi connectivity index (χ1v) is 10.9. The predicted octanol–water partition coefficient (Wildman–Crippen LogP) is 3.82. The largest absolute Gasteiger partial charge is 0.378 e. The average Bonchev–Trinajstić information content (AvgIpc) is 3.34. The van der Waals surface area contributed by atoms with Gasteiger partial charge in [0, 0.05) is 60.2 Å². The Labute approximate surface area is 189 Å². The molecular formula is C25H22N6O2. The van der Waals surface area contributed by atoms with E-state index in [2.05, 4.69) is 44.5 Å². The van der Waals surface area contributed by atoms with Crippen molar-refractivity contribution in [2.45, 2.75) is 0 Å². The summed E-state index contributed by atoms with van der Waals surface area (Å²) < 4.78 is 7.39. The fourth-order valence-corrected chi connectivity index (χ4v) is 4.18. The Kier molecular flexibility index (Phi) is 4.77. The third kappa shape index (κ3) is 3.81. The van der Waals surface area contributed by atoms with Crippen molar-refractivity contribution in [3.05, 3.63) is 83.5 Å². The minimum absolute atomic E-state index is 0.124. The van der Waals surface area contributed by atoms with E-state index in [0.29, 0.717) is 5.82 Å². The number of anilines is 3. The first-order valence-electron chi connectivity index (χ1n) is 10.9. The van der Waals surface area contributed by atoms with Crippen LogP contribution < -0.4 is 15.8 Å². The van der Waals surface area contributed by atoms with Crippen molar-refractivity contribution >= 4 is 33.7 Å². The summed E-state index contributed by atoms with van der Waals surface area (Å²) in [5.74, 6) is 0.665. The van der Waals surface area contributed by atoms with E-state index < -0.39 is 0 Å². The minimum atomic E-state index is -0.124. The zero-order valence-electron chi connectivity index (χ0n) is 17.9. The summed E-state index contributed by atoms with van der Waals surface area (Å²) >= 11 is 0. The zero-order valence-corrected chi connectivity index (χ0v) is 17.9. The Balaban J connectivity index is 1.35. The molecule has 1 saturated heterocycles. The molecule has 6 rings (SSSR count). The molecule has 1 aliphatic rings. The average molecular weight is 438 g/mol.